The van der Waals surface area contributed by atoms with Crippen molar-refractivity contribution in [1.82, 2.24) is 14.7 Å². The van der Waals surface area contributed by atoms with Gasteiger partial charge in [0.15, 0.2) is 11.6 Å². The number of nitrogens with zero attached hydrogens (tertiary/aromatic N) is 4. The first-order valence-electron chi connectivity index (χ1n) is 11.1. The van der Waals surface area contributed by atoms with Crippen LogP contribution in [0.15, 0.2) is 34.8 Å². The highest BCUT2D eigenvalue weighted by molar-refractivity contribution is 6.30. The van der Waals surface area contributed by atoms with E-state index in [-0.39, 0.29) is 23.3 Å². The summed E-state index contributed by atoms with van der Waals surface area (Å²) < 4.78 is 28.6. The summed E-state index contributed by atoms with van der Waals surface area (Å²) in [6.45, 7) is 0.969. The number of primary amides is 1. The number of benzene rings is 1. The quantitative estimate of drug-likeness (QED) is 0.568. The Bertz CT molecular complexity index is 1020. The van der Waals surface area contributed by atoms with E-state index in [1.807, 2.05) is 0 Å². The smallest absolute Gasteiger partial charge is 0.245 e. The fraction of sp³-hybridized carbons (Fsp3) is 0.500. The fourth-order valence-electron chi connectivity index (χ4n) is 4.80. The van der Waals surface area contributed by atoms with Crippen molar-refractivity contribution in [3.05, 3.63) is 40.7 Å². The van der Waals surface area contributed by atoms with Crippen molar-refractivity contribution in [2.75, 3.05) is 32.0 Å². The predicted molar refractivity (Wildman–Crippen MR) is 125 cm³/mol. The number of carbonyl (C=O) groups is 2. The molecule has 1 unspecified atom stereocenters. The molecule has 5 N–H and O–H groups in total. The van der Waals surface area contributed by atoms with Gasteiger partial charge in [0.05, 0.1) is 18.3 Å². The average Bonchev–Trinajstić information content (AvgIpc) is 2.78. The maximum atomic E-state index is 14.9. The summed E-state index contributed by atoms with van der Waals surface area (Å²) in [5.74, 6) is -2.32. The number of rotatable bonds is 5. The summed E-state index contributed by atoms with van der Waals surface area (Å²) in [6, 6.07) is 2.80. The van der Waals surface area contributed by atoms with Gasteiger partial charge in [-0.15, -0.1) is 0 Å². The number of anilines is 1. The number of hydrogen-bond acceptors (Lipinski definition) is 7. The Morgan fingerprint density at radius 3 is 2.71 bits per heavy atom. The summed E-state index contributed by atoms with van der Waals surface area (Å²) in [5, 5.41) is 3.27. The highest BCUT2D eigenvalue weighted by Gasteiger charge is 2.43. The number of nitrogens with one attached hydrogen (secondary N) is 1. The largest absolute Gasteiger partial charge is 0.374 e. The Morgan fingerprint density at radius 2 is 2.00 bits per heavy atom. The summed E-state index contributed by atoms with van der Waals surface area (Å²) >= 11 is 5.94. The normalized spacial score (nSPS) is 27.9. The van der Waals surface area contributed by atoms with Gasteiger partial charge in [-0.1, -0.05) is 11.6 Å². The van der Waals surface area contributed by atoms with Gasteiger partial charge < -0.3 is 31.5 Å². The van der Waals surface area contributed by atoms with Crippen molar-refractivity contribution in [3.8, 4) is 0 Å². The molecule has 3 heterocycles. The van der Waals surface area contributed by atoms with E-state index in [0.717, 1.165) is 0 Å². The second kappa shape index (κ2) is 9.75. The van der Waals surface area contributed by atoms with Gasteiger partial charge in [-0.05, 0) is 37.5 Å². The molecule has 0 aromatic heterocycles. The Morgan fingerprint density at radius 1 is 1.24 bits per heavy atom. The van der Waals surface area contributed by atoms with Crippen LogP contribution in [0.5, 0.6) is 0 Å². The SMILES string of the molecule is CN1C=NC(N2CC[C@H](C(N)=O)[C@@H](N3CCC[C@@H](Nc4cc(F)cc(Cl)c4)C3=O)C2)=C(F)C1N. The molecule has 12 heteroatoms. The number of likely N-dealkylation sites (tertiary alicyclic amines) is 2. The van der Waals surface area contributed by atoms with Gasteiger partial charge in [0.2, 0.25) is 11.8 Å². The van der Waals surface area contributed by atoms with Crippen molar-refractivity contribution in [3.63, 3.8) is 0 Å². The molecular formula is C22H28ClF2N7O2. The lowest BCUT2D eigenvalue weighted by Crippen LogP contribution is -2.61. The minimum absolute atomic E-state index is 0.104. The molecule has 34 heavy (non-hydrogen) atoms. The molecule has 4 atom stereocenters. The number of hydrogen-bond donors (Lipinski definition) is 3. The molecule has 3 aliphatic rings. The Hall–Kier alpha value is -2.92. The zero-order valence-electron chi connectivity index (χ0n) is 18.8. The monoisotopic (exact) mass is 495 g/mol. The number of nitrogens with two attached hydrogens (primary N) is 2. The second-order valence-corrected chi connectivity index (χ2v) is 9.30. The van der Waals surface area contributed by atoms with E-state index in [9.17, 15) is 18.4 Å². The van der Waals surface area contributed by atoms with Gasteiger partial charge in [0.25, 0.3) is 0 Å². The van der Waals surface area contributed by atoms with Crippen molar-refractivity contribution < 1.29 is 18.4 Å². The van der Waals surface area contributed by atoms with E-state index in [1.165, 1.54) is 23.4 Å². The first-order valence-corrected chi connectivity index (χ1v) is 11.5. The van der Waals surface area contributed by atoms with Crippen LogP contribution in [-0.2, 0) is 9.59 Å². The first-order chi connectivity index (χ1) is 16.2. The molecule has 0 aliphatic carbocycles. The van der Waals surface area contributed by atoms with Crippen LogP contribution in [0.2, 0.25) is 5.02 Å². The van der Waals surface area contributed by atoms with E-state index in [1.54, 1.807) is 22.9 Å². The molecule has 1 aromatic carbocycles. The van der Waals surface area contributed by atoms with Gasteiger partial charge in [-0.2, -0.15) is 0 Å². The summed E-state index contributed by atoms with van der Waals surface area (Å²) in [4.78, 5) is 34.7. The lowest BCUT2D eigenvalue weighted by Gasteiger charge is -2.46. The average molecular weight is 496 g/mol. The Labute approximate surface area is 201 Å². The molecule has 3 aliphatic heterocycles. The third-order valence-electron chi connectivity index (χ3n) is 6.60. The van der Waals surface area contributed by atoms with Crippen LogP contribution in [-0.4, -0.2) is 77.8 Å². The van der Waals surface area contributed by atoms with Crippen LogP contribution in [0, 0.1) is 11.7 Å². The van der Waals surface area contributed by atoms with Gasteiger partial charge in [-0.3, -0.25) is 9.59 Å². The van der Waals surface area contributed by atoms with Gasteiger partial charge in [0, 0.05) is 37.4 Å². The molecular weight excluding hydrogens is 468 g/mol. The Balaban J connectivity index is 1.56. The van der Waals surface area contributed by atoms with Gasteiger partial charge >= 0.3 is 0 Å². The molecule has 9 nitrogen and oxygen atoms in total. The third kappa shape index (κ3) is 4.80. The molecule has 4 rings (SSSR count). The summed E-state index contributed by atoms with van der Waals surface area (Å²) in [7, 11) is 1.62. The molecule has 1 aromatic rings. The van der Waals surface area contributed by atoms with E-state index >= 15 is 0 Å². The van der Waals surface area contributed by atoms with Crippen LogP contribution in [0.25, 0.3) is 0 Å². The molecule has 0 spiro atoms. The fourth-order valence-corrected chi connectivity index (χ4v) is 5.02. The molecule has 2 saturated heterocycles. The highest BCUT2D eigenvalue weighted by Crippen LogP contribution is 2.31. The van der Waals surface area contributed by atoms with Crippen LogP contribution in [0.3, 0.4) is 0 Å². The van der Waals surface area contributed by atoms with Crippen molar-refractivity contribution in [2.24, 2.45) is 22.4 Å². The van der Waals surface area contributed by atoms with Crippen molar-refractivity contribution in [2.45, 2.75) is 37.5 Å². The second-order valence-electron chi connectivity index (χ2n) is 8.87. The number of amides is 2. The van der Waals surface area contributed by atoms with E-state index in [4.69, 9.17) is 23.1 Å². The Kier molecular flexibility index (Phi) is 6.94. The van der Waals surface area contributed by atoms with Gasteiger partial charge in [-0.25, -0.2) is 13.8 Å². The third-order valence-corrected chi connectivity index (χ3v) is 6.82. The molecule has 2 fully saturated rings. The zero-order valence-corrected chi connectivity index (χ0v) is 19.5. The summed E-state index contributed by atoms with van der Waals surface area (Å²) in [6.07, 6.45) is 2.04. The van der Waals surface area contributed by atoms with Crippen LogP contribution in [0.4, 0.5) is 14.5 Å². The number of halogens is 3. The number of carbonyl (C=O) groups excluding carboxylic acids is 2. The number of aliphatic imine (C=N–C) groups is 1. The van der Waals surface area contributed by atoms with E-state index < -0.39 is 41.7 Å². The molecule has 0 radical (unpaired) electrons. The zero-order chi connectivity index (χ0) is 24.6. The highest BCUT2D eigenvalue weighted by atomic mass is 35.5. The minimum atomic E-state index is -0.955. The van der Waals surface area contributed by atoms with Gasteiger partial charge in [0.1, 0.15) is 18.0 Å². The summed E-state index contributed by atoms with van der Waals surface area (Å²) in [5.41, 5.74) is 12.0. The molecule has 2 amide bonds. The first kappa shape index (κ1) is 24.2. The lowest BCUT2D eigenvalue weighted by atomic mass is 9.87. The van der Waals surface area contributed by atoms with Crippen LogP contribution in [0.1, 0.15) is 19.3 Å². The van der Waals surface area contributed by atoms with E-state index in [0.29, 0.717) is 38.0 Å². The minimum Gasteiger partial charge on any atom is -0.374 e. The van der Waals surface area contributed by atoms with Crippen molar-refractivity contribution >= 4 is 35.4 Å². The number of piperidine rings is 2. The number of likely N-dealkylation sites (N-methyl/N-ethyl adjacent to an activating group) is 1. The predicted octanol–water partition coefficient (Wildman–Crippen LogP) is 1.45. The van der Waals surface area contributed by atoms with Crippen LogP contribution < -0.4 is 16.8 Å². The topological polar surface area (TPSA) is 120 Å². The molecule has 184 valence electrons. The standard InChI is InChI=1S/C22H28ClF2N7O2/c1-30-11-28-21(18(25)19(30)26)31-6-4-15(20(27)33)17(10-31)32-5-2-3-16(22(32)34)29-14-8-12(23)7-13(24)9-14/h7-9,11,15-17,19,29H,2-6,10,26H2,1H3,(H2,27,33)/t15-,16+,17-,19?/m0/s1. The molecule has 0 saturated carbocycles. The van der Waals surface area contributed by atoms with Crippen LogP contribution >= 0.6 is 11.6 Å². The lowest BCUT2D eigenvalue weighted by molar-refractivity contribution is -0.141. The molecule has 0 bridgehead atoms. The van der Waals surface area contributed by atoms with E-state index in [2.05, 4.69) is 10.3 Å². The van der Waals surface area contributed by atoms with Crippen molar-refractivity contribution in [1.29, 1.82) is 0 Å². The maximum Gasteiger partial charge on any atom is 0.245 e. The maximum absolute atomic E-state index is 14.9.